The summed E-state index contributed by atoms with van der Waals surface area (Å²) in [7, 11) is 0. The van der Waals surface area contributed by atoms with Crippen LogP contribution in [0.5, 0.6) is 0 Å². The van der Waals surface area contributed by atoms with Gasteiger partial charge in [-0.15, -0.1) is 0 Å². The average molecular weight is 495 g/mol. The molecule has 0 heterocycles. The summed E-state index contributed by atoms with van der Waals surface area (Å²) in [5.74, 6) is -15.2. The van der Waals surface area contributed by atoms with Crippen LogP contribution in [0.1, 0.15) is 0 Å². The molecule has 0 aromatic rings. The first-order valence-electron chi connectivity index (χ1n) is 4.54. The second-order valence-electron chi connectivity index (χ2n) is 3.29. The van der Waals surface area contributed by atoms with E-state index in [0.29, 0.717) is 0 Å². The third kappa shape index (κ3) is 11.1. The zero-order chi connectivity index (χ0) is 15.8. The summed E-state index contributed by atoms with van der Waals surface area (Å²) < 4.78 is 0. The maximum Gasteiger partial charge on any atom is 0.281 e. The van der Waals surface area contributed by atoms with E-state index in [1.807, 2.05) is 0 Å². The van der Waals surface area contributed by atoms with Crippen molar-refractivity contribution in [2.24, 2.45) is 0 Å². The Morgan fingerprint density at radius 2 is 0.310 bits per heavy atom. The summed E-state index contributed by atoms with van der Waals surface area (Å²) in [6, 6.07) is 0. The van der Waals surface area contributed by atoms with Gasteiger partial charge in [0.2, 0.25) is 0 Å². The van der Waals surface area contributed by atoms with Crippen LogP contribution in [0.2, 0.25) is 0 Å². The largest absolute Gasteiger partial charge is 0.457 e. The van der Waals surface area contributed by atoms with E-state index in [-0.39, 0.29) is 108 Å². The fourth-order valence-corrected chi connectivity index (χ4v) is 1.03. The molecule has 14 N–H and O–H groups in total. The van der Waals surface area contributed by atoms with Gasteiger partial charge in [-0.2, -0.15) is 0 Å². The Hall–Kier alpha value is -1.05. The molecule has 0 atom stereocenters. The molecule has 0 aromatic heterocycles. The van der Waals surface area contributed by atoms with Crippen molar-refractivity contribution in [1.82, 2.24) is 0 Å². The summed E-state index contributed by atoms with van der Waals surface area (Å²) in [6.45, 7) is 0. The van der Waals surface area contributed by atoms with E-state index in [2.05, 4.69) is 0 Å². The van der Waals surface area contributed by atoms with Crippen LogP contribution in [0, 0.1) is 0 Å². The Balaban J connectivity index is -0.0000000301. The molecule has 2 aliphatic carbocycles. The van der Waals surface area contributed by atoms with E-state index in [9.17, 15) is 47.9 Å². The second kappa shape index (κ2) is 21.7. The van der Waals surface area contributed by atoms with Gasteiger partial charge < -0.3 is 32.9 Å². The average Bonchev–Trinajstić information content (AvgIpc) is 2.71. The summed E-state index contributed by atoms with van der Waals surface area (Å²) >= 11 is 0. The molecular weight excluding hydrogens is 481 g/mol. The maximum absolute atomic E-state index is 10.2. The van der Waals surface area contributed by atoms with Gasteiger partial charge in [0.05, 0.1) is 0 Å². The Morgan fingerprint density at radius 3 is 0.345 bits per heavy atom. The molecule has 0 aromatic carbocycles. The van der Waals surface area contributed by atoms with Gasteiger partial charge in [-0.05, 0) is 0 Å². The van der Waals surface area contributed by atoms with Gasteiger partial charge in [0.15, 0.2) is 0 Å². The van der Waals surface area contributed by atoms with Crippen LogP contribution in [0.25, 0.3) is 0 Å². The monoisotopic (exact) mass is 494 g/mol. The smallest absolute Gasteiger partial charge is 0.281 e. The third-order valence-electron chi connectivity index (χ3n) is 2.06. The molecule has 16 nitrogen and oxygen atoms in total. The molecule has 0 unspecified atom stereocenters. The van der Waals surface area contributed by atoms with Crippen LogP contribution in [0.4, 0.5) is 0 Å². The standard InChI is InChI=1S/2C5O5.2Na.Ni.6H2O/c2*6-1-2(7)4(9)5(10)3(1)8;;;;;;;;;/h;;;;;6*1H2/p+2. The first-order valence-corrected chi connectivity index (χ1v) is 4.54. The summed E-state index contributed by atoms with van der Waals surface area (Å²) in [5.41, 5.74) is 0. The minimum absolute atomic E-state index is 0. The van der Waals surface area contributed by atoms with Gasteiger partial charge in [0.25, 0.3) is 57.8 Å². The molecular formula is C10H14Na2NiO16+2. The molecule has 0 bridgehead atoms. The number of hydrogen-bond acceptors (Lipinski definition) is 10. The Bertz CT molecular complexity index is 471. The van der Waals surface area contributed by atoms with Gasteiger partial charge in [-0.25, -0.2) is 0 Å². The quantitative estimate of drug-likeness (QED) is 0.173. The van der Waals surface area contributed by atoms with Crippen molar-refractivity contribution < 1.29 is 97.3 Å². The number of Topliss-reactive ketones (excluding diaryl/α,β-unsaturated/α-hetero) is 10. The molecule has 2 radical (unpaired) electrons. The van der Waals surface area contributed by atoms with Crippen LogP contribution in [-0.4, -0.2) is 139 Å². The predicted molar refractivity (Wildman–Crippen MR) is 85.8 cm³/mol. The van der Waals surface area contributed by atoms with E-state index in [0.717, 1.165) is 0 Å². The predicted octanol–water partition coefficient (Wildman–Crippen LogP) is -10.2. The van der Waals surface area contributed by atoms with Crippen molar-refractivity contribution in [3.8, 4) is 0 Å². The number of rotatable bonds is 0. The fraction of sp³-hybridized carbons (Fsp3) is 0. The molecule has 160 valence electrons. The fourth-order valence-electron chi connectivity index (χ4n) is 1.03. The van der Waals surface area contributed by atoms with Gasteiger partial charge in [-0.1, -0.05) is 0 Å². The van der Waals surface area contributed by atoms with E-state index in [1.165, 1.54) is 0 Å². The van der Waals surface area contributed by atoms with Crippen molar-refractivity contribution in [1.29, 1.82) is 0 Å². The van der Waals surface area contributed by atoms with Crippen LogP contribution in [0.3, 0.4) is 0 Å². The van der Waals surface area contributed by atoms with Crippen LogP contribution in [0.15, 0.2) is 0 Å². The molecule has 19 heteroatoms. The molecule has 0 spiro atoms. The van der Waals surface area contributed by atoms with E-state index < -0.39 is 57.8 Å². The third-order valence-corrected chi connectivity index (χ3v) is 2.06. The molecule has 2 aliphatic rings. The van der Waals surface area contributed by atoms with Gasteiger partial charge in [-0.3, -0.25) is 47.9 Å². The molecule has 2 rings (SSSR count). The first kappa shape index (κ1) is 56.5. The zero-order valence-corrected chi connectivity index (χ0v) is 19.5. The Morgan fingerprint density at radius 1 is 0.276 bits per heavy atom. The zero-order valence-electron chi connectivity index (χ0n) is 14.6. The number of hydrogen-bond donors (Lipinski definition) is 0. The van der Waals surface area contributed by atoms with E-state index in [1.54, 1.807) is 0 Å². The summed E-state index contributed by atoms with van der Waals surface area (Å²) in [6.07, 6.45) is 0. The maximum atomic E-state index is 10.2. The first-order chi connectivity index (χ1) is 9.11. The number of ketones is 10. The number of carbonyl (C=O) groups is 10. The second-order valence-corrected chi connectivity index (χ2v) is 3.29. The molecule has 0 saturated heterocycles. The molecule has 29 heavy (non-hydrogen) atoms. The Kier molecular flexibility index (Phi) is 42.2. The van der Waals surface area contributed by atoms with Gasteiger partial charge in [0, 0.05) is 75.6 Å². The van der Waals surface area contributed by atoms with Gasteiger partial charge in [0.1, 0.15) is 0 Å². The van der Waals surface area contributed by atoms with Crippen LogP contribution >= 0.6 is 0 Å². The van der Waals surface area contributed by atoms with Crippen LogP contribution < -0.4 is 0 Å². The van der Waals surface area contributed by atoms with Crippen molar-refractivity contribution >= 4 is 117 Å². The van der Waals surface area contributed by atoms with Crippen molar-refractivity contribution in [2.75, 3.05) is 0 Å². The minimum Gasteiger partial charge on any atom is -0.457 e. The SMILES string of the molecule is O.O.O.O.O=C1C(=O)C(=O)C(=O)C1=O.O=C1C(=O)C(=O)C(=O)C1=O.[Na].[Na].[Ni].[OH3+].[OH3+]. The van der Waals surface area contributed by atoms with Crippen molar-refractivity contribution in [3.63, 3.8) is 0 Å². The van der Waals surface area contributed by atoms with Crippen molar-refractivity contribution in [2.45, 2.75) is 0 Å². The van der Waals surface area contributed by atoms with E-state index in [4.69, 9.17) is 0 Å². The normalized spacial score (nSPS) is 13.1. The van der Waals surface area contributed by atoms with Crippen LogP contribution in [-0.2, 0) is 75.4 Å². The Labute approximate surface area is 212 Å². The summed E-state index contributed by atoms with van der Waals surface area (Å²) in [4.78, 5) is 102. The topological polar surface area (TPSA) is 363 Å². The van der Waals surface area contributed by atoms with E-state index >= 15 is 0 Å². The molecule has 2 saturated carbocycles. The minimum atomic E-state index is -1.52. The molecule has 0 amide bonds. The van der Waals surface area contributed by atoms with Gasteiger partial charge >= 0.3 is 0 Å². The molecule has 0 aliphatic heterocycles. The molecule has 2 fully saturated rings. The summed E-state index contributed by atoms with van der Waals surface area (Å²) in [5, 5.41) is 0. The van der Waals surface area contributed by atoms with Crippen molar-refractivity contribution in [3.05, 3.63) is 0 Å². The number of carbonyl (C=O) groups excluding carboxylic acids is 10.